The van der Waals surface area contributed by atoms with Crippen molar-refractivity contribution >= 4 is 45.9 Å². The van der Waals surface area contributed by atoms with E-state index < -0.39 is 0 Å². The van der Waals surface area contributed by atoms with Gasteiger partial charge in [-0.2, -0.15) is 0 Å². The first-order valence-corrected chi connectivity index (χ1v) is 4.56. The molecule has 68 valence electrons. The first kappa shape index (κ1) is 9.00. The van der Waals surface area contributed by atoms with Crippen LogP contribution in [-0.4, -0.2) is 9.19 Å². The van der Waals surface area contributed by atoms with Crippen molar-refractivity contribution in [3.8, 4) is 5.75 Å². The molecule has 1 N–H and O–H groups in total. The molecule has 2 rings (SSSR count). The summed E-state index contributed by atoms with van der Waals surface area (Å²) < 4.78 is 1.16. The summed E-state index contributed by atoms with van der Waals surface area (Å²) in [6, 6.07) is 5.12. The summed E-state index contributed by atoms with van der Waals surface area (Å²) in [7, 11) is 0. The van der Waals surface area contributed by atoms with Gasteiger partial charge in [0.25, 0.3) is 0 Å². The van der Waals surface area contributed by atoms with Gasteiger partial charge in [0.2, 0.25) is 0 Å². The summed E-state index contributed by atoms with van der Waals surface area (Å²) in [4.78, 5) is 0. The average Bonchev–Trinajstić information content (AvgIpc) is 2.33. The van der Waals surface area contributed by atoms with Gasteiger partial charge in [-0.3, -0.25) is 0 Å². The molecule has 0 aliphatic rings. The fourth-order valence-electron chi connectivity index (χ4n) is 1.21. The Labute approximate surface area is 89.3 Å². The number of fused-ring (bicyclic) bond motifs is 1. The molecule has 0 radical (unpaired) electrons. The summed E-state index contributed by atoms with van der Waals surface area (Å²) >= 11 is 17.4. The van der Waals surface area contributed by atoms with Gasteiger partial charge in [0.1, 0.15) is 0 Å². The van der Waals surface area contributed by atoms with Crippen LogP contribution >= 0.6 is 35.0 Å². The van der Waals surface area contributed by atoms with Crippen molar-refractivity contribution in [1.29, 1.82) is 0 Å². The summed E-state index contributed by atoms with van der Waals surface area (Å²) in [5, 5.41) is 10.5. The molecule has 0 atom stereocenters. The van der Waals surface area contributed by atoms with E-state index in [1.807, 2.05) is 0 Å². The number of aromatic nitrogens is 1. The summed E-state index contributed by atoms with van der Waals surface area (Å²) in [5.41, 5.74) is 0.594. The Balaban J connectivity index is 3.03. The average molecular weight is 236 g/mol. The highest BCUT2D eigenvalue weighted by Crippen LogP contribution is 2.40. The van der Waals surface area contributed by atoms with Gasteiger partial charge in [-0.05, 0) is 12.1 Å². The number of aromatic hydroxyl groups is 1. The predicted molar refractivity (Wildman–Crippen MR) is 54.9 cm³/mol. The maximum absolute atomic E-state index is 9.54. The zero-order valence-corrected chi connectivity index (χ0v) is 8.53. The monoisotopic (exact) mass is 235 g/mol. The highest BCUT2D eigenvalue weighted by molar-refractivity contribution is 6.41. The fourth-order valence-corrected chi connectivity index (χ4v) is 1.88. The van der Waals surface area contributed by atoms with E-state index in [9.17, 15) is 5.11 Å². The lowest BCUT2D eigenvalue weighted by Crippen LogP contribution is -1.77. The first-order chi connectivity index (χ1) is 6.13. The Morgan fingerprint density at radius 1 is 1.23 bits per heavy atom. The number of hydrogen-bond donors (Lipinski definition) is 1. The number of halogens is 3. The van der Waals surface area contributed by atoms with Crippen LogP contribution in [0.3, 0.4) is 0 Å². The van der Waals surface area contributed by atoms with Crippen molar-refractivity contribution in [3.05, 3.63) is 28.4 Å². The van der Waals surface area contributed by atoms with Crippen LogP contribution in [0.15, 0.2) is 18.2 Å². The molecule has 0 saturated carbocycles. The van der Waals surface area contributed by atoms with Gasteiger partial charge in [0.05, 0.1) is 15.9 Å². The van der Waals surface area contributed by atoms with E-state index in [0.717, 1.165) is 4.09 Å². The standard InChI is InChI=1S/C8H4Cl3NO/c9-4-2-1-3-5-6(4)7(13)8(10)12(5)11/h1-3,13H. The van der Waals surface area contributed by atoms with Crippen LogP contribution in [0.2, 0.25) is 10.2 Å². The van der Waals surface area contributed by atoms with Gasteiger partial charge in [-0.1, -0.05) is 29.3 Å². The van der Waals surface area contributed by atoms with Crippen LogP contribution in [0.4, 0.5) is 0 Å². The Bertz CT molecular complexity index is 478. The molecule has 0 saturated heterocycles. The molecule has 0 unspecified atom stereocenters. The SMILES string of the molecule is Oc1c(Cl)n(Cl)c2cccc(Cl)c12. The number of benzene rings is 1. The van der Waals surface area contributed by atoms with Crippen LogP contribution in [0.1, 0.15) is 0 Å². The molecular weight excluding hydrogens is 232 g/mol. The third-order valence-electron chi connectivity index (χ3n) is 1.81. The summed E-state index contributed by atoms with van der Waals surface area (Å²) in [6.07, 6.45) is 0. The molecule has 1 aromatic heterocycles. The lowest BCUT2D eigenvalue weighted by molar-refractivity contribution is 0.481. The number of rotatable bonds is 0. The molecule has 2 nitrogen and oxygen atoms in total. The van der Waals surface area contributed by atoms with Crippen LogP contribution in [-0.2, 0) is 0 Å². The number of hydrogen-bond acceptors (Lipinski definition) is 1. The van der Waals surface area contributed by atoms with Crippen molar-refractivity contribution in [3.63, 3.8) is 0 Å². The van der Waals surface area contributed by atoms with E-state index in [0.29, 0.717) is 15.9 Å². The minimum absolute atomic E-state index is 0.0739. The largest absolute Gasteiger partial charge is 0.504 e. The summed E-state index contributed by atoms with van der Waals surface area (Å²) in [5.74, 6) is -0.0859. The van der Waals surface area contributed by atoms with Crippen LogP contribution in [0.5, 0.6) is 5.75 Å². The van der Waals surface area contributed by atoms with Gasteiger partial charge >= 0.3 is 0 Å². The maximum Gasteiger partial charge on any atom is 0.167 e. The molecule has 0 aliphatic carbocycles. The molecule has 1 aromatic carbocycles. The van der Waals surface area contributed by atoms with Crippen LogP contribution in [0, 0.1) is 0 Å². The zero-order chi connectivity index (χ0) is 9.59. The normalized spacial score (nSPS) is 11.0. The Morgan fingerprint density at radius 2 is 1.92 bits per heavy atom. The predicted octanol–water partition coefficient (Wildman–Crippen LogP) is 3.66. The van der Waals surface area contributed by atoms with Crippen LogP contribution < -0.4 is 0 Å². The molecular formula is C8H4Cl3NO. The number of nitrogens with zero attached hydrogens (tertiary/aromatic N) is 1. The van der Waals surface area contributed by atoms with Crippen molar-refractivity contribution < 1.29 is 5.11 Å². The Hall–Kier alpha value is -0.570. The molecule has 5 heteroatoms. The van der Waals surface area contributed by atoms with E-state index in [1.54, 1.807) is 18.2 Å². The lowest BCUT2D eigenvalue weighted by Gasteiger charge is -1.93. The van der Waals surface area contributed by atoms with E-state index in [2.05, 4.69) is 0 Å². The smallest absolute Gasteiger partial charge is 0.167 e. The highest BCUT2D eigenvalue weighted by Gasteiger charge is 2.15. The molecule has 0 spiro atoms. The van der Waals surface area contributed by atoms with Crippen LogP contribution in [0.25, 0.3) is 10.9 Å². The third-order valence-corrected chi connectivity index (χ3v) is 2.91. The van der Waals surface area contributed by atoms with Gasteiger partial charge in [-0.15, -0.1) is 0 Å². The molecule has 0 amide bonds. The van der Waals surface area contributed by atoms with Gasteiger partial charge < -0.3 is 5.11 Å². The van der Waals surface area contributed by atoms with E-state index in [1.165, 1.54) is 0 Å². The second-order valence-electron chi connectivity index (χ2n) is 2.55. The lowest BCUT2D eigenvalue weighted by atomic mass is 10.2. The Kier molecular flexibility index (Phi) is 2.06. The quantitative estimate of drug-likeness (QED) is 0.742. The molecule has 0 fully saturated rings. The molecule has 0 aliphatic heterocycles. The maximum atomic E-state index is 9.54. The minimum Gasteiger partial charge on any atom is -0.504 e. The van der Waals surface area contributed by atoms with E-state index in [4.69, 9.17) is 35.0 Å². The van der Waals surface area contributed by atoms with Crippen molar-refractivity contribution in [2.45, 2.75) is 0 Å². The molecule has 0 bridgehead atoms. The second-order valence-corrected chi connectivity index (χ2v) is 3.66. The first-order valence-electron chi connectivity index (χ1n) is 3.46. The minimum atomic E-state index is -0.0859. The van der Waals surface area contributed by atoms with Gasteiger partial charge in [0, 0.05) is 11.8 Å². The van der Waals surface area contributed by atoms with E-state index in [-0.39, 0.29) is 10.9 Å². The molecule has 13 heavy (non-hydrogen) atoms. The molecule has 2 aromatic rings. The zero-order valence-electron chi connectivity index (χ0n) is 6.26. The van der Waals surface area contributed by atoms with E-state index >= 15 is 0 Å². The fraction of sp³-hybridized carbons (Fsp3) is 0. The Morgan fingerprint density at radius 3 is 2.54 bits per heavy atom. The highest BCUT2D eigenvalue weighted by atomic mass is 35.5. The topological polar surface area (TPSA) is 25.2 Å². The second kappa shape index (κ2) is 2.98. The van der Waals surface area contributed by atoms with Crippen molar-refractivity contribution in [1.82, 2.24) is 4.09 Å². The summed E-state index contributed by atoms with van der Waals surface area (Å²) in [6.45, 7) is 0. The molecule has 1 heterocycles. The van der Waals surface area contributed by atoms with Crippen molar-refractivity contribution in [2.75, 3.05) is 0 Å². The van der Waals surface area contributed by atoms with Gasteiger partial charge in [-0.25, -0.2) is 4.09 Å². The van der Waals surface area contributed by atoms with Gasteiger partial charge in [0.15, 0.2) is 10.9 Å². The van der Waals surface area contributed by atoms with Crippen molar-refractivity contribution in [2.24, 2.45) is 0 Å². The third kappa shape index (κ3) is 1.17.